The van der Waals surface area contributed by atoms with Crippen LogP contribution in [0.3, 0.4) is 0 Å². The fourth-order valence-electron chi connectivity index (χ4n) is 2.33. The normalized spacial score (nSPS) is 10.4. The second-order valence-corrected chi connectivity index (χ2v) is 5.99. The monoisotopic (exact) mass is 326 g/mol. The highest BCUT2D eigenvalue weighted by Crippen LogP contribution is 2.23. The summed E-state index contributed by atoms with van der Waals surface area (Å²) in [7, 11) is 0. The Morgan fingerprint density at radius 3 is 2.58 bits per heavy atom. The van der Waals surface area contributed by atoms with Crippen LogP contribution in [-0.2, 0) is 11.2 Å². The van der Waals surface area contributed by atoms with Gasteiger partial charge in [0.05, 0.1) is 12.3 Å². The zero-order valence-electron chi connectivity index (χ0n) is 14.5. The van der Waals surface area contributed by atoms with Gasteiger partial charge in [0.2, 0.25) is 5.91 Å². The van der Waals surface area contributed by atoms with E-state index >= 15 is 0 Å². The molecule has 2 rings (SSSR count). The van der Waals surface area contributed by atoms with E-state index < -0.39 is 0 Å². The molecule has 0 radical (unpaired) electrons. The maximum absolute atomic E-state index is 12.0. The number of aryl methyl sites for hydroxylation is 2. The van der Waals surface area contributed by atoms with E-state index in [2.05, 4.69) is 12.2 Å². The first-order chi connectivity index (χ1) is 11.6. The maximum atomic E-state index is 12.0. The Bertz CT molecular complexity index is 666. The van der Waals surface area contributed by atoms with E-state index in [0.717, 1.165) is 29.8 Å². The fraction of sp³-hybridized carbons (Fsp3) is 0.350. The molecule has 0 aliphatic carbocycles. The van der Waals surface area contributed by atoms with Crippen LogP contribution >= 0.6 is 0 Å². The van der Waals surface area contributed by atoms with Crippen LogP contribution in [0.15, 0.2) is 42.5 Å². The number of nitrogen functional groups attached to an aromatic ring is 1. The number of unbranched alkanes of at least 4 members (excludes halogenated alkanes) is 1. The molecule has 2 aromatic rings. The van der Waals surface area contributed by atoms with Crippen LogP contribution < -0.4 is 15.8 Å². The van der Waals surface area contributed by atoms with E-state index in [1.54, 1.807) is 0 Å². The lowest BCUT2D eigenvalue weighted by atomic mass is 10.1. The number of nitrogens with one attached hydrogen (secondary N) is 1. The van der Waals surface area contributed by atoms with Crippen LogP contribution in [0.2, 0.25) is 0 Å². The van der Waals surface area contributed by atoms with E-state index in [9.17, 15) is 4.79 Å². The highest BCUT2D eigenvalue weighted by molar-refractivity contribution is 5.90. The maximum Gasteiger partial charge on any atom is 0.224 e. The summed E-state index contributed by atoms with van der Waals surface area (Å²) in [5, 5.41) is 2.90. The van der Waals surface area contributed by atoms with Gasteiger partial charge >= 0.3 is 0 Å². The standard InChI is InChI=1S/C20H26N2O2/c1-3-4-13-24-19-11-7-16(14-18(19)21)8-12-20(23)22-17-9-5-15(2)6-10-17/h5-7,9-11,14H,3-4,8,12-13,21H2,1-2H3,(H,22,23). The molecule has 0 spiro atoms. The van der Waals surface area contributed by atoms with Crippen molar-refractivity contribution in [1.82, 2.24) is 0 Å². The predicted octanol–water partition coefficient (Wildman–Crippen LogP) is 4.33. The molecule has 0 fully saturated rings. The van der Waals surface area contributed by atoms with Gasteiger partial charge in [-0.25, -0.2) is 0 Å². The van der Waals surface area contributed by atoms with Crippen molar-refractivity contribution in [2.75, 3.05) is 17.7 Å². The van der Waals surface area contributed by atoms with Gasteiger partial charge in [0.1, 0.15) is 5.75 Å². The number of amides is 1. The summed E-state index contributed by atoms with van der Waals surface area (Å²) in [5.41, 5.74) is 9.68. The van der Waals surface area contributed by atoms with Crippen molar-refractivity contribution in [2.24, 2.45) is 0 Å². The second kappa shape index (κ2) is 8.96. The number of ether oxygens (including phenoxy) is 1. The number of anilines is 2. The lowest BCUT2D eigenvalue weighted by molar-refractivity contribution is -0.116. The molecule has 0 saturated carbocycles. The molecule has 0 saturated heterocycles. The van der Waals surface area contributed by atoms with Gasteiger partial charge in [-0.05, 0) is 49.6 Å². The van der Waals surface area contributed by atoms with E-state index in [4.69, 9.17) is 10.5 Å². The molecular weight excluding hydrogens is 300 g/mol. The van der Waals surface area contributed by atoms with Crippen LogP contribution in [0.25, 0.3) is 0 Å². The van der Waals surface area contributed by atoms with E-state index in [1.807, 2.05) is 49.4 Å². The first-order valence-corrected chi connectivity index (χ1v) is 8.46. The summed E-state index contributed by atoms with van der Waals surface area (Å²) >= 11 is 0. The zero-order chi connectivity index (χ0) is 17.4. The van der Waals surface area contributed by atoms with Crippen molar-refractivity contribution in [3.8, 4) is 5.75 Å². The van der Waals surface area contributed by atoms with Gasteiger partial charge in [-0.3, -0.25) is 4.79 Å². The third-order valence-electron chi connectivity index (χ3n) is 3.81. The van der Waals surface area contributed by atoms with Crippen LogP contribution in [0, 0.1) is 6.92 Å². The molecule has 1 amide bonds. The number of hydrogen-bond donors (Lipinski definition) is 2. The number of carbonyl (C=O) groups is 1. The van der Waals surface area contributed by atoms with Crippen molar-refractivity contribution in [1.29, 1.82) is 0 Å². The van der Waals surface area contributed by atoms with Gasteiger partial charge in [-0.15, -0.1) is 0 Å². The Hall–Kier alpha value is -2.49. The highest BCUT2D eigenvalue weighted by atomic mass is 16.5. The molecule has 0 aliphatic heterocycles. The first-order valence-electron chi connectivity index (χ1n) is 8.46. The molecule has 3 N–H and O–H groups in total. The fourth-order valence-corrected chi connectivity index (χ4v) is 2.33. The first kappa shape index (κ1) is 17.9. The van der Waals surface area contributed by atoms with Crippen molar-refractivity contribution in [3.05, 3.63) is 53.6 Å². The molecule has 0 atom stereocenters. The highest BCUT2D eigenvalue weighted by Gasteiger charge is 2.06. The minimum absolute atomic E-state index is 0.000645. The largest absolute Gasteiger partial charge is 0.491 e. The Balaban J connectivity index is 1.83. The predicted molar refractivity (Wildman–Crippen MR) is 99.4 cm³/mol. The van der Waals surface area contributed by atoms with Crippen molar-refractivity contribution in [3.63, 3.8) is 0 Å². The van der Waals surface area contributed by atoms with E-state index in [-0.39, 0.29) is 5.91 Å². The quantitative estimate of drug-likeness (QED) is 0.560. The summed E-state index contributed by atoms with van der Waals surface area (Å²) in [6, 6.07) is 13.5. The van der Waals surface area contributed by atoms with Gasteiger partial charge in [0.15, 0.2) is 0 Å². The van der Waals surface area contributed by atoms with Crippen molar-refractivity contribution in [2.45, 2.75) is 39.5 Å². The third-order valence-corrected chi connectivity index (χ3v) is 3.81. The molecule has 0 unspecified atom stereocenters. The van der Waals surface area contributed by atoms with Crippen molar-refractivity contribution >= 4 is 17.3 Å². The molecular formula is C20H26N2O2. The van der Waals surface area contributed by atoms with Crippen molar-refractivity contribution < 1.29 is 9.53 Å². The SMILES string of the molecule is CCCCOc1ccc(CCC(=O)Nc2ccc(C)cc2)cc1N. The smallest absolute Gasteiger partial charge is 0.224 e. The Morgan fingerprint density at radius 2 is 1.92 bits per heavy atom. The number of nitrogens with two attached hydrogens (primary N) is 1. The summed E-state index contributed by atoms with van der Waals surface area (Å²) in [6.45, 7) is 4.82. The molecule has 0 heterocycles. The molecule has 0 aromatic heterocycles. The molecule has 128 valence electrons. The van der Waals surface area contributed by atoms with Crippen LogP contribution in [0.1, 0.15) is 37.3 Å². The summed E-state index contributed by atoms with van der Waals surface area (Å²) in [4.78, 5) is 12.0. The van der Waals surface area contributed by atoms with Gasteiger partial charge in [0, 0.05) is 12.1 Å². The van der Waals surface area contributed by atoms with E-state index in [1.165, 1.54) is 5.56 Å². The molecule has 4 nitrogen and oxygen atoms in total. The number of rotatable bonds is 8. The van der Waals surface area contributed by atoms with Crippen LogP contribution in [0.4, 0.5) is 11.4 Å². The molecule has 2 aromatic carbocycles. The molecule has 0 aliphatic rings. The molecule has 24 heavy (non-hydrogen) atoms. The van der Waals surface area contributed by atoms with Gasteiger partial charge < -0.3 is 15.8 Å². The van der Waals surface area contributed by atoms with Gasteiger partial charge in [-0.1, -0.05) is 37.1 Å². The van der Waals surface area contributed by atoms with Crippen LogP contribution in [-0.4, -0.2) is 12.5 Å². The summed E-state index contributed by atoms with van der Waals surface area (Å²) in [6.07, 6.45) is 3.18. The number of benzene rings is 2. The minimum atomic E-state index is 0.000645. The Kier molecular flexibility index (Phi) is 6.67. The van der Waals surface area contributed by atoms with E-state index in [0.29, 0.717) is 25.1 Å². The lowest BCUT2D eigenvalue weighted by Gasteiger charge is -2.10. The molecule has 4 heteroatoms. The number of carbonyl (C=O) groups excluding carboxylic acids is 1. The second-order valence-electron chi connectivity index (χ2n) is 5.99. The third kappa shape index (κ3) is 5.61. The average Bonchev–Trinajstić information content (AvgIpc) is 2.57. The minimum Gasteiger partial charge on any atom is -0.491 e. The zero-order valence-corrected chi connectivity index (χ0v) is 14.5. The Labute approximate surface area is 144 Å². The molecule has 0 bridgehead atoms. The topological polar surface area (TPSA) is 64.3 Å². The van der Waals surface area contributed by atoms with Gasteiger partial charge in [-0.2, -0.15) is 0 Å². The van der Waals surface area contributed by atoms with Gasteiger partial charge in [0.25, 0.3) is 0 Å². The average molecular weight is 326 g/mol. The van der Waals surface area contributed by atoms with Crippen LogP contribution in [0.5, 0.6) is 5.75 Å². The number of hydrogen-bond acceptors (Lipinski definition) is 3. The lowest BCUT2D eigenvalue weighted by Crippen LogP contribution is -2.12. The Morgan fingerprint density at radius 1 is 1.17 bits per heavy atom. The summed E-state index contributed by atoms with van der Waals surface area (Å²) in [5.74, 6) is 0.719. The summed E-state index contributed by atoms with van der Waals surface area (Å²) < 4.78 is 5.64.